The van der Waals surface area contributed by atoms with Crippen molar-refractivity contribution in [3.05, 3.63) is 28.8 Å². The third kappa shape index (κ3) is 4.50. The summed E-state index contributed by atoms with van der Waals surface area (Å²) in [6.45, 7) is 4.48. The van der Waals surface area contributed by atoms with Gasteiger partial charge in [0.05, 0.1) is 10.6 Å². The van der Waals surface area contributed by atoms with E-state index in [1.54, 1.807) is 6.92 Å². The Labute approximate surface area is 152 Å². The van der Waals surface area contributed by atoms with Gasteiger partial charge < -0.3 is 10.1 Å². The summed E-state index contributed by atoms with van der Waals surface area (Å²) in [5, 5.41) is 2.59. The summed E-state index contributed by atoms with van der Waals surface area (Å²) in [7, 11) is -3.76. The van der Waals surface area contributed by atoms with Gasteiger partial charge in [-0.1, -0.05) is 11.6 Å². The van der Waals surface area contributed by atoms with E-state index in [1.807, 2.05) is 0 Å². The second-order valence-electron chi connectivity index (χ2n) is 5.70. The van der Waals surface area contributed by atoms with Crippen molar-refractivity contribution >= 4 is 33.5 Å². The van der Waals surface area contributed by atoms with Crippen LogP contribution in [0.4, 0.5) is 0 Å². The van der Waals surface area contributed by atoms with Crippen LogP contribution >= 0.6 is 11.6 Å². The van der Waals surface area contributed by atoms with E-state index in [4.69, 9.17) is 16.3 Å². The minimum Gasteiger partial charge on any atom is -0.449 e. The largest absolute Gasteiger partial charge is 0.449 e. The van der Waals surface area contributed by atoms with Crippen molar-refractivity contribution in [3.63, 3.8) is 0 Å². The monoisotopic (exact) mass is 388 g/mol. The molecule has 0 aliphatic carbocycles. The summed E-state index contributed by atoms with van der Waals surface area (Å²) in [6, 6.07) is 3.92. The van der Waals surface area contributed by atoms with Crippen LogP contribution in [-0.4, -0.2) is 50.3 Å². The van der Waals surface area contributed by atoms with Crippen LogP contribution in [0.3, 0.4) is 0 Å². The van der Waals surface area contributed by atoms with Gasteiger partial charge in [-0.05, 0) is 44.9 Å². The predicted octanol–water partition coefficient (Wildman–Crippen LogP) is 1.81. The Morgan fingerprint density at radius 1 is 1.32 bits per heavy atom. The topological polar surface area (TPSA) is 92.8 Å². The van der Waals surface area contributed by atoms with Gasteiger partial charge in [0.1, 0.15) is 4.90 Å². The van der Waals surface area contributed by atoms with Crippen molar-refractivity contribution in [2.75, 3.05) is 19.6 Å². The molecule has 0 spiro atoms. The normalized spacial score (nSPS) is 16.4. The van der Waals surface area contributed by atoms with Crippen LogP contribution in [-0.2, 0) is 19.6 Å². The third-order valence-electron chi connectivity index (χ3n) is 3.85. The molecular formula is C16H21ClN2O5S. The summed E-state index contributed by atoms with van der Waals surface area (Å²) >= 11 is 6.04. The molecule has 1 fully saturated rings. The maximum atomic E-state index is 12.7. The molecule has 138 valence electrons. The maximum Gasteiger partial charge on any atom is 0.338 e. The molecule has 0 bridgehead atoms. The van der Waals surface area contributed by atoms with E-state index in [0.717, 1.165) is 12.8 Å². The number of hydrogen-bond acceptors (Lipinski definition) is 5. The zero-order valence-electron chi connectivity index (χ0n) is 14.1. The number of nitrogens with zero attached hydrogens (tertiary/aromatic N) is 1. The average molecular weight is 389 g/mol. The highest BCUT2D eigenvalue weighted by Gasteiger charge is 2.30. The first kappa shape index (κ1) is 19.7. The molecular weight excluding hydrogens is 368 g/mol. The van der Waals surface area contributed by atoms with Gasteiger partial charge in [-0.15, -0.1) is 0 Å². The van der Waals surface area contributed by atoms with Gasteiger partial charge in [0, 0.05) is 19.6 Å². The number of esters is 1. The fourth-order valence-electron chi connectivity index (χ4n) is 2.50. The van der Waals surface area contributed by atoms with E-state index < -0.39 is 28.0 Å². The molecule has 9 heteroatoms. The van der Waals surface area contributed by atoms with Crippen molar-refractivity contribution in [3.8, 4) is 0 Å². The molecule has 1 heterocycles. The molecule has 25 heavy (non-hydrogen) atoms. The highest BCUT2D eigenvalue weighted by atomic mass is 35.5. The second-order valence-corrected chi connectivity index (χ2v) is 8.01. The number of ether oxygens (including phenoxy) is 1. The van der Waals surface area contributed by atoms with Crippen LogP contribution in [0.2, 0.25) is 5.02 Å². The lowest BCUT2D eigenvalue weighted by Gasteiger charge is -2.17. The van der Waals surface area contributed by atoms with Crippen LogP contribution in [0, 0.1) is 0 Å². The van der Waals surface area contributed by atoms with Gasteiger partial charge in [0.15, 0.2) is 6.10 Å². The summed E-state index contributed by atoms with van der Waals surface area (Å²) in [6.07, 6.45) is 0.604. The lowest BCUT2D eigenvalue weighted by atomic mass is 10.2. The van der Waals surface area contributed by atoms with Crippen LogP contribution in [0.15, 0.2) is 23.1 Å². The fraction of sp³-hybridized carbons (Fsp3) is 0.500. The van der Waals surface area contributed by atoms with Crippen LogP contribution in [0.1, 0.15) is 37.0 Å². The molecule has 0 unspecified atom stereocenters. The summed E-state index contributed by atoms with van der Waals surface area (Å²) in [5.74, 6) is -1.21. The second kappa shape index (κ2) is 8.16. The number of rotatable bonds is 6. The van der Waals surface area contributed by atoms with Gasteiger partial charge in [0.2, 0.25) is 10.0 Å². The Bertz CT molecular complexity index is 760. The van der Waals surface area contributed by atoms with Gasteiger partial charge in [-0.3, -0.25) is 4.79 Å². The maximum absolute atomic E-state index is 12.7. The van der Waals surface area contributed by atoms with E-state index in [0.29, 0.717) is 19.6 Å². The van der Waals surface area contributed by atoms with Crippen LogP contribution in [0.25, 0.3) is 0 Å². The highest BCUT2D eigenvalue weighted by molar-refractivity contribution is 7.89. The molecule has 1 aromatic carbocycles. The van der Waals surface area contributed by atoms with Gasteiger partial charge in [-0.2, -0.15) is 4.31 Å². The molecule has 0 aromatic heterocycles. The summed E-state index contributed by atoms with van der Waals surface area (Å²) in [5.41, 5.74) is 0.0262. The van der Waals surface area contributed by atoms with Crippen molar-refractivity contribution < 1.29 is 22.7 Å². The zero-order valence-corrected chi connectivity index (χ0v) is 15.7. The van der Waals surface area contributed by atoms with E-state index >= 15 is 0 Å². The van der Waals surface area contributed by atoms with Crippen molar-refractivity contribution in [1.29, 1.82) is 0 Å². The number of carbonyl (C=O) groups is 2. The Morgan fingerprint density at radius 2 is 1.96 bits per heavy atom. The minimum absolute atomic E-state index is 0.0262. The highest BCUT2D eigenvalue weighted by Crippen LogP contribution is 2.28. The molecule has 1 N–H and O–H groups in total. The molecule has 7 nitrogen and oxygen atoms in total. The van der Waals surface area contributed by atoms with Crippen molar-refractivity contribution in [2.24, 2.45) is 0 Å². The average Bonchev–Trinajstić information content (AvgIpc) is 3.10. The first-order valence-corrected chi connectivity index (χ1v) is 9.87. The number of likely N-dealkylation sites (N-methyl/N-ethyl adjacent to an activating group) is 1. The quantitative estimate of drug-likeness (QED) is 0.750. The van der Waals surface area contributed by atoms with Crippen molar-refractivity contribution in [2.45, 2.75) is 37.7 Å². The molecule has 2 rings (SSSR count). The molecule has 1 atom stereocenters. The van der Waals surface area contributed by atoms with E-state index in [-0.39, 0.29) is 15.5 Å². The summed E-state index contributed by atoms with van der Waals surface area (Å²) < 4.78 is 31.8. The Morgan fingerprint density at radius 3 is 2.56 bits per heavy atom. The predicted molar refractivity (Wildman–Crippen MR) is 93.0 cm³/mol. The molecule has 0 radical (unpaired) electrons. The first-order chi connectivity index (χ1) is 11.8. The standard InChI is InChI=1S/C16H21ClN2O5S/c1-3-18-15(20)11(2)24-16(21)12-6-7-13(17)14(10-12)25(22,23)19-8-4-5-9-19/h6-7,10-11H,3-5,8-9H2,1-2H3,(H,18,20)/t11-/m0/s1. The van der Waals surface area contributed by atoms with Crippen LogP contribution in [0.5, 0.6) is 0 Å². The smallest absolute Gasteiger partial charge is 0.338 e. The fourth-order valence-corrected chi connectivity index (χ4v) is 4.51. The van der Waals surface area contributed by atoms with Crippen LogP contribution < -0.4 is 5.32 Å². The number of sulfonamides is 1. The molecule has 1 aromatic rings. The van der Waals surface area contributed by atoms with E-state index in [2.05, 4.69) is 5.32 Å². The number of carbonyl (C=O) groups excluding carboxylic acids is 2. The van der Waals surface area contributed by atoms with E-state index in [1.165, 1.54) is 29.4 Å². The van der Waals surface area contributed by atoms with Gasteiger partial charge >= 0.3 is 5.97 Å². The van der Waals surface area contributed by atoms with Crippen molar-refractivity contribution in [1.82, 2.24) is 9.62 Å². The Hall–Kier alpha value is -1.64. The van der Waals surface area contributed by atoms with E-state index in [9.17, 15) is 18.0 Å². The number of nitrogens with one attached hydrogen (secondary N) is 1. The van der Waals surface area contributed by atoms with Gasteiger partial charge in [-0.25, -0.2) is 13.2 Å². The third-order valence-corrected chi connectivity index (χ3v) is 6.23. The SMILES string of the molecule is CCNC(=O)[C@H](C)OC(=O)c1ccc(Cl)c(S(=O)(=O)N2CCCC2)c1. The lowest BCUT2D eigenvalue weighted by molar-refractivity contribution is -0.128. The Balaban J connectivity index is 2.23. The Kier molecular flexibility index (Phi) is 6.42. The lowest BCUT2D eigenvalue weighted by Crippen LogP contribution is -2.35. The molecule has 1 aliphatic rings. The summed E-state index contributed by atoms with van der Waals surface area (Å²) in [4.78, 5) is 23.7. The molecule has 1 aliphatic heterocycles. The minimum atomic E-state index is -3.76. The zero-order chi connectivity index (χ0) is 18.6. The molecule has 1 amide bonds. The number of hydrogen-bond donors (Lipinski definition) is 1. The molecule has 1 saturated heterocycles. The van der Waals surface area contributed by atoms with Gasteiger partial charge in [0.25, 0.3) is 5.91 Å². The molecule has 0 saturated carbocycles. The number of halogens is 1. The first-order valence-electron chi connectivity index (χ1n) is 8.05. The number of benzene rings is 1. The number of amides is 1.